The van der Waals surface area contributed by atoms with E-state index in [-0.39, 0.29) is 12.8 Å². The van der Waals surface area contributed by atoms with Gasteiger partial charge in [0.2, 0.25) is 0 Å². The number of esters is 2. The Morgan fingerprint density at radius 1 is 0.718 bits per heavy atom. The summed E-state index contributed by atoms with van der Waals surface area (Å²) in [7, 11) is -3.76. The molecule has 0 aromatic heterocycles. The summed E-state index contributed by atoms with van der Waals surface area (Å²) in [5.74, 6) is -1.25. The molecule has 1 aliphatic rings. The van der Waals surface area contributed by atoms with E-state index in [1.54, 1.807) is 0 Å². The molecule has 0 aliphatic carbocycles. The molecule has 2 N–H and O–H groups in total. The molecule has 1 rings (SSSR count). The zero-order chi connectivity index (χ0) is 29.1. The topological polar surface area (TPSA) is 155 Å². The molecule has 0 saturated carbocycles. The van der Waals surface area contributed by atoms with Gasteiger partial charge in [0, 0.05) is 20.0 Å². The van der Waals surface area contributed by atoms with Crippen LogP contribution in [0, 0.1) is 0 Å². The molecular formula is C27H50O11S. The largest absolute Gasteiger partial charge is 0.455 e. The van der Waals surface area contributed by atoms with Gasteiger partial charge in [-0.2, -0.15) is 8.42 Å². The highest BCUT2D eigenvalue weighted by molar-refractivity contribution is 7.80. The normalized spacial score (nSPS) is 23.5. The second-order valence-electron chi connectivity index (χ2n) is 10.1. The van der Waals surface area contributed by atoms with Crippen molar-refractivity contribution < 1.29 is 50.8 Å². The number of unbranched alkanes of at least 4 members (excludes halogenated alkanes) is 12. The maximum atomic E-state index is 12.7. The van der Waals surface area contributed by atoms with Gasteiger partial charge >= 0.3 is 22.3 Å². The Morgan fingerprint density at radius 2 is 1.15 bits per heavy atom. The van der Waals surface area contributed by atoms with Crippen LogP contribution in [0.2, 0.25) is 0 Å². The Balaban J connectivity index is 2.87. The average Bonchev–Trinajstić information content (AvgIpc) is 2.88. The summed E-state index contributed by atoms with van der Waals surface area (Å²) < 4.78 is 59.2. The van der Waals surface area contributed by atoms with E-state index < -0.39 is 59.7 Å². The van der Waals surface area contributed by atoms with E-state index in [9.17, 15) is 27.7 Å². The van der Waals surface area contributed by atoms with E-state index in [4.69, 9.17) is 23.1 Å². The number of carbonyl (C=O) groups excluding carboxylic acids is 2. The van der Waals surface area contributed by atoms with Crippen molar-refractivity contribution in [1.29, 1.82) is 0 Å². The molecule has 0 radical (unpaired) electrons. The molecule has 0 aromatic rings. The lowest BCUT2D eigenvalue weighted by Gasteiger charge is -2.43. The summed E-state index contributed by atoms with van der Waals surface area (Å²) >= 11 is 0. The van der Waals surface area contributed by atoms with Crippen molar-refractivity contribution in [2.75, 3.05) is 13.7 Å². The van der Waals surface area contributed by atoms with Gasteiger partial charge in [0.1, 0.15) is 12.2 Å². The van der Waals surface area contributed by atoms with Crippen molar-refractivity contribution in [2.45, 2.75) is 147 Å². The Bertz CT molecular complexity index is 774. The van der Waals surface area contributed by atoms with E-state index in [1.165, 1.54) is 20.0 Å². The van der Waals surface area contributed by atoms with Gasteiger partial charge in [0.15, 0.2) is 18.5 Å². The van der Waals surface area contributed by atoms with Crippen molar-refractivity contribution in [3.8, 4) is 0 Å². The molecule has 1 heterocycles. The first kappa shape index (κ1) is 35.7. The highest BCUT2D eigenvalue weighted by atomic mass is 32.3. The lowest BCUT2D eigenvalue weighted by atomic mass is 9.98. The molecule has 1 aliphatic heterocycles. The second-order valence-corrected chi connectivity index (χ2v) is 11.1. The quantitative estimate of drug-likeness (QED) is 0.104. The number of aliphatic hydroxyl groups is 1. The highest BCUT2D eigenvalue weighted by Gasteiger charge is 2.52. The Kier molecular flexibility index (Phi) is 18.8. The first-order valence-electron chi connectivity index (χ1n) is 14.5. The second kappa shape index (κ2) is 20.5. The maximum absolute atomic E-state index is 12.7. The van der Waals surface area contributed by atoms with E-state index in [2.05, 4.69) is 13.8 Å². The maximum Gasteiger partial charge on any atom is 0.397 e. The van der Waals surface area contributed by atoms with Crippen molar-refractivity contribution in [2.24, 2.45) is 0 Å². The number of rotatable bonds is 22. The number of methoxy groups -OCH3 is 1. The number of carbonyl (C=O) groups is 2. The summed E-state index contributed by atoms with van der Waals surface area (Å²) in [4.78, 5) is 25.4. The fraction of sp³-hybridized carbons (Fsp3) is 0.926. The predicted molar refractivity (Wildman–Crippen MR) is 144 cm³/mol. The van der Waals surface area contributed by atoms with Gasteiger partial charge in [-0.3, -0.25) is 14.1 Å². The number of aliphatic hydroxyl groups excluding tert-OH is 1. The number of hydrogen-bond donors (Lipinski definition) is 2. The fourth-order valence-electron chi connectivity index (χ4n) is 4.61. The van der Waals surface area contributed by atoms with Gasteiger partial charge in [-0.25, -0.2) is 4.18 Å². The molecule has 39 heavy (non-hydrogen) atoms. The lowest BCUT2D eigenvalue weighted by molar-refractivity contribution is -0.296. The molecule has 1 fully saturated rings. The highest BCUT2D eigenvalue weighted by Crippen LogP contribution is 2.30. The summed E-state index contributed by atoms with van der Waals surface area (Å²) in [5, 5.41) is 9.79. The standard InChI is InChI=1S/C27H50O11S/c1-4-6-8-10-12-14-16-18-22(29)36-25-24(38-39(31,32)33)21(20-28)35-27(34-3)26(25)37-23(30)19-17-15-13-11-9-7-5-2/h21,24-28H,4-20H2,1-3H3,(H,31,32,33)/t21-,24-,25+,26-,27+/m1/s1. The SMILES string of the molecule is CCCCCCCCCC(=O)O[C@@H]1[C@@H](OC(=O)CCCCCCCCC)[C@@H](OC)O[C@H](CO)[C@H]1OS(=O)(=O)O. The van der Waals surface area contributed by atoms with Crippen molar-refractivity contribution >= 4 is 22.3 Å². The van der Waals surface area contributed by atoms with Crippen LogP contribution >= 0.6 is 0 Å². The zero-order valence-corrected chi connectivity index (χ0v) is 24.7. The van der Waals surface area contributed by atoms with Crippen LogP contribution in [0.5, 0.6) is 0 Å². The first-order chi connectivity index (χ1) is 18.7. The summed E-state index contributed by atoms with van der Waals surface area (Å²) in [6, 6.07) is 0. The van der Waals surface area contributed by atoms with E-state index in [0.717, 1.165) is 64.2 Å². The van der Waals surface area contributed by atoms with Crippen LogP contribution in [-0.2, 0) is 43.1 Å². The minimum atomic E-state index is -5.03. The minimum Gasteiger partial charge on any atom is -0.455 e. The van der Waals surface area contributed by atoms with Crippen LogP contribution in [0.25, 0.3) is 0 Å². The van der Waals surface area contributed by atoms with E-state index >= 15 is 0 Å². The molecule has 0 aromatic carbocycles. The van der Waals surface area contributed by atoms with Gasteiger partial charge < -0.3 is 24.1 Å². The Morgan fingerprint density at radius 3 is 1.56 bits per heavy atom. The molecular weight excluding hydrogens is 532 g/mol. The summed E-state index contributed by atoms with van der Waals surface area (Å²) in [6.45, 7) is 3.55. The Hall–Kier alpha value is -1.31. The molecule has 11 nitrogen and oxygen atoms in total. The molecule has 0 spiro atoms. The predicted octanol–water partition coefficient (Wildman–Crippen LogP) is 4.64. The molecule has 0 unspecified atom stereocenters. The van der Waals surface area contributed by atoms with Crippen LogP contribution in [0.1, 0.15) is 117 Å². The van der Waals surface area contributed by atoms with Crippen LogP contribution in [0.15, 0.2) is 0 Å². The van der Waals surface area contributed by atoms with Gasteiger partial charge in [0.25, 0.3) is 0 Å². The van der Waals surface area contributed by atoms with Crippen LogP contribution in [-0.4, -0.2) is 74.4 Å². The molecule has 0 amide bonds. The van der Waals surface area contributed by atoms with Crippen LogP contribution in [0.4, 0.5) is 0 Å². The van der Waals surface area contributed by atoms with Crippen molar-refractivity contribution in [1.82, 2.24) is 0 Å². The van der Waals surface area contributed by atoms with Gasteiger partial charge in [-0.1, -0.05) is 90.9 Å². The third kappa shape index (κ3) is 15.3. The third-order valence-corrected chi connectivity index (χ3v) is 7.21. The third-order valence-electron chi connectivity index (χ3n) is 6.74. The van der Waals surface area contributed by atoms with E-state index in [1.807, 2.05) is 0 Å². The molecule has 0 bridgehead atoms. The molecule has 230 valence electrons. The van der Waals surface area contributed by atoms with Crippen LogP contribution in [0.3, 0.4) is 0 Å². The van der Waals surface area contributed by atoms with Gasteiger partial charge in [0.05, 0.1) is 6.61 Å². The summed E-state index contributed by atoms with van der Waals surface area (Å²) in [5.41, 5.74) is 0. The first-order valence-corrected chi connectivity index (χ1v) is 15.9. The fourth-order valence-corrected chi connectivity index (χ4v) is 5.12. The number of hydrogen-bond acceptors (Lipinski definition) is 10. The lowest BCUT2D eigenvalue weighted by Crippen LogP contribution is -2.62. The van der Waals surface area contributed by atoms with Crippen LogP contribution < -0.4 is 0 Å². The Labute approximate surface area is 234 Å². The number of ether oxygens (including phenoxy) is 4. The summed E-state index contributed by atoms with van der Waals surface area (Å²) in [6.07, 6.45) is 6.98. The van der Waals surface area contributed by atoms with Crippen molar-refractivity contribution in [3.63, 3.8) is 0 Å². The monoisotopic (exact) mass is 582 g/mol. The van der Waals surface area contributed by atoms with Gasteiger partial charge in [-0.15, -0.1) is 0 Å². The average molecular weight is 583 g/mol. The van der Waals surface area contributed by atoms with Crippen molar-refractivity contribution in [3.05, 3.63) is 0 Å². The molecule has 12 heteroatoms. The minimum absolute atomic E-state index is 0.0594. The molecule has 5 atom stereocenters. The van der Waals surface area contributed by atoms with Gasteiger partial charge in [-0.05, 0) is 12.8 Å². The molecule has 1 saturated heterocycles. The van der Waals surface area contributed by atoms with E-state index in [0.29, 0.717) is 12.8 Å². The zero-order valence-electron chi connectivity index (χ0n) is 23.9. The smallest absolute Gasteiger partial charge is 0.397 e.